The van der Waals surface area contributed by atoms with Gasteiger partial charge in [0.25, 0.3) is 0 Å². The lowest BCUT2D eigenvalue weighted by atomic mass is 10.3. The molecule has 11 heavy (non-hydrogen) atoms. The van der Waals surface area contributed by atoms with Crippen molar-refractivity contribution in [2.24, 2.45) is 0 Å². The van der Waals surface area contributed by atoms with Gasteiger partial charge in [0, 0.05) is 6.07 Å². The monoisotopic (exact) mass is 173 g/mol. The van der Waals surface area contributed by atoms with Crippen LogP contribution in [-0.2, 0) is 10.9 Å². The second-order valence-corrected chi connectivity index (χ2v) is 2.66. The van der Waals surface area contributed by atoms with E-state index in [1.807, 2.05) is 0 Å². The predicted octanol–water partition coefficient (Wildman–Crippen LogP) is 0.330. The number of nitrogens with one attached hydrogen (secondary N) is 1. The van der Waals surface area contributed by atoms with Crippen LogP contribution in [0.1, 0.15) is 0 Å². The minimum absolute atomic E-state index is 0.0341. The zero-order chi connectivity index (χ0) is 8.27. The van der Waals surface area contributed by atoms with Crippen molar-refractivity contribution in [3.8, 4) is 5.75 Å². The second-order valence-electron chi connectivity index (χ2n) is 1.92. The Balaban J connectivity index is 2.87. The first-order valence-corrected chi connectivity index (χ1v) is 4.06. The Morgan fingerprint density at radius 3 is 2.64 bits per heavy atom. The van der Waals surface area contributed by atoms with Crippen LogP contribution in [-0.4, -0.2) is 13.5 Å². The van der Waals surface area contributed by atoms with E-state index in [2.05, 4.69) is 4.72 Å². The van der Waals surface area contributed by atoms with E-state index in [0.717, 1.165) is 0 Å². The average molecular weight is 173 g/mol. The van der Waals surface area contributed by atoms with Crippen LogP contribution in [0.5, 0.6) is 5.75 Å². The number of hydrogen-bond donors (Lipinski definition) is 3. The molecule has 0 bridgehead atoms. The summed E-state index contributed by atoms with van der Waals surface area (Å²) in [6.07, 6.45) is 0. The van der Waals surface area contributed by atoms with E-state index in [-0.39, 0.29) is 5.75 Å². The molecule has 0 heterocycles. The summed E-state index contributed by atoms with van der Waals surface area (Å²) in [5, 5.41) is 8.89. The molecule has 0 saturated carbocycles. The van der Waals surface area contributed by atoms with Crippen molar-refractivity contribution in [3.05, 3.63) is 24.3 Å². The minimum atomic E-state index is -2.65. The number of phenols is 1. The van der Waals surface area contributed by atoms with Crippen LogP contribution < -0.4 is 4.72 Å². The summed E-state index contributed by atoms with van der Waals surface area (Å²) in [7, 11) is -2.65. The molecule has 0 unspecified atom stereocenters. The summed E-state index contributed by atoms with van der Waals surface area (Å²) in [5.74, 6) is 0.0341. The molecule has 60 valence electrons. The Kier molecular flexibility index (Phi) is 2.32. The van der Waals surface area contributed by atoms with E-state index >= 15 is 0 Å². The molecular weight excluding hydrogens is 166 g/mol. The molecule has 1 aromatic carbocycles. The highest BCUT2D eigenvalue weighted by molar-refractivity contribution is 7.73. The normalized spacial score (nSPS) is 9.91. The van der Waals surface area contributed by atoms with Gasteiger partial charge in [0.15, 0.2) is 0 Å². The molecule has 1 rings (SSSR count). The standard InChI is InChI=1S/C6H7NO3S/c8-6-3-1-2-5(4-6)7-11(9)10/h1-4,8,11H,(H,7,9,10). The maximum atomic E-state index is 10.1. The Bertz CT molecular complexity index is 313. The lowest BCUT2D eigenvalue weighted by Gasteiger charge is -1.97. The van der Waals surface area contributed by atoms with Crippen molar-refractivity contribution in [2.45, 2.75) is 0 Å². The number of benzene rings is 1. The van der Waals surface area contributed by atoms with E-state index in [1.54, 1.807) is 12.1 Å². The Hall–Kier alpha value is -1.23. The van der Waals surface area contributed by atoms with Crippen LogP contribution in [0.3, 0.4) is 0 Å². The van der Waals surface area contributed by atoms with Gasteiger partial charge in [0.1, 0.15) is 5.75 Å². The predicted molar refractivity (Wildman–Crippen MR) is 42.0 cm³/mol. The van der Waals surface area contributed by atoms with Gasteiger partial charge in [-0.1, -0.05) is 6.07 Å². The molecule has 0 radical (unpaired) electrons. The van der Waals surface area contributed by atoms with Crippen molar-refractivity contribution in [1.82, 2.24) is 0 Å². The van der Waals surface area contributed by atoms with Gasteiger partial charge in [-0.25, -0.2) is 8.42 Å². The summed E-state index contributed by atoms with van der Waals surface area (Å²) in [5.41, 5.74) is 0.362. The maximum Gasteiger partial charge on any atom is 0.222 e. The largest absolute Gasteiger partial charge is 0.508 e. The van der Waals surface area contributed by atoms with Crippen molar-refractivity contribution < 1.29 is 13.5 Å². The van der Waals surface area contributed by atoms with Crippen molar-refractivity contribution >= 4 is 16.6 Å². The van der Waals surface area contributed by atoms with Crippen LogP contribution in [0.2, 0.25) is 0 Å². The molecule has 4 nitrogen and oxygen atoms in total. The Labute approximate surface area is 65.6 Å². The summed E-state index contributed by atoms with van der Waals surface area (Å²) in [6, 6.07) is 5.88. The topological polar surface area (TPSA) is 66.4 Å². The van der Waals surface area contributed by atoms with Crippen LogP contribution >= 0.6 is 0 Å². The third-order valence-corrected chi connectivity index (χ3v) is 1.51. The molecule has 0 amide bonds. The molecule has 0 spiro atoms. The molecule has 0 aliphatic carbocycles. The maximum absolute atomic E-state index is 10.1. The van der Waals surface area contributed by atoms with E-state index < -0.39 is 10.9 Å². The molecule has 1 aromatic rings. The van der Waals surface area contributed by atoms with Gasteiger partial charge >= 0.3 is 0 Å². The van der Waals surface area contributed by atoms with Crippen LogP contribution in [0.4, 0.5) is 5.69 Å². The number of phenolic OH excluding ortho intramolecular Hbond substituents is 1. The fourth-order valence-corrected chi connectivity index (χ4v) is 1.03. The minimum Gasteiger partial charge on any atom is -0.508 e. The quantitative estimate of drug-likeness (QED) is 0.564. The van der Waals surface area contributed by atoms with Crippen LogP contribution in [0.15, 0.2) is 24.3 Å². The van der Waals surface area contributed by atoms with Gasteiger partial charge in [-0.05, 0) is 12.1 Å². The molecule has 0 fully saturated rings. The lowest BCUT2D eigenvalue weighted by Crippen LogP contribution is -1.93. The van der Waals surface area contributed by atoms with Gasteiger partial charge in [0.2, 0.25) is 10.9 Å². The number of rotatable bonds is 2. The van der Waals surface area contributed by atoms with Crippen LogP contribution in [0.25, 0.3) is 0 Å². The third-order valence-electron chi connectivity index (χ3n) is 1.07. The van der Waals surface area contributed by atoms with Crippen molar-refractivity contribution in [1.29, 1.82) is 0 Å². The molecule has 2 N–H and O–H groups in total. The zero-order valence-electron chi connectivity index (χ0n) is 5.52. The Morgan fingerprint density at radius 2 is 2.09 bits per heavy atom. The summed E-state index contributed by atoms with van der Waals surface area (Å²) in [6.45, 7) is 0. The summed E-state index contributed by atoms with van der Waals surface area (Å²) < 4.78 is 22.4. The van der Waals surface area contributed by atoms with Gasteiger partial charge in [-0.2, -0.15) is 0 Å². The summed E-state index contributed by atoms with van der Waals surface area (Å²) in [4.78, 5) is 0. The lowest BCUT2D eigenvalue weighted by molar-refractivity contribution is 0.475. The molecule has 0 aromatic heterocycles. The van der Waals surface area contributed by atoms with Gasteiger partial charge < -0.3 is 5.11 Å². The first-order valence-electron chi connectivity index (χ1n) is 2.88. The number of thiol groups is 1. The zero-order valence-corrected chi connectivity index (χ0v) is 6.41. The number of anilines is 1. The number of hydrogen-bond acceptors (Lipinski definition) is 3. The first-order chi connectivity index (χ1) is 5.18. The molecule has 0 aliphatic heterocycles. The molecule has 5 heteroatoms. The highest BCUT2D eigenvalue weighted by Crippen LogP contribution is 2.14. The smallest absolute Gasteiger partial charge is 0.222 e. The third kappa shape index (κ3) is 2.46. The second kappa shape index (κ2) is 3.25. The number of aromatic hydroxyl groups is 1. The average Bonchev–Trinajstić information content (AvgIpc) is 1.85. The van der Waals surface area contributed by atoms with E-state index in [9.17, 15) is 8.42 Å². The van der Waals surface area contributed by atoms with Crippen molar-refractivity contribution in [3.63, 3.8) is 0 Å². The first kappa shape index (κ1) is 7.87. The molecular formula is C6H7NO3S. The van der Waals surface area contributed by atoms with Crippen LogP contribution in [0, 0.1) is 0 Å². The van der Waals surface area contributed by atoms with E-state index in [0.29, 0.717) is 5.69 Å². The van der Waals surface area contributed by atoms with Gasteiger partial charge in [-0.3, -0.25) is 4.72 Å². The summed E-state index contributed by atoms with van der Waals surface area (Å²) >= 11 is 0. The molecule has 0 atom stereocenters. The SMILES string of the molecule is O=[SH](=O)Nc1cccc(O)c1. The van der Waals surface area contributed by atoms with E-state index in [4.69, 9.17) is 5.11 Å². The highest BCUT2D eigenvalue weighted by Gasteiger charge is 1.91. The highest BCUT2D eigenvalue weighted by atomic mass is 32.2. The molecule has 0 saturated heterocycles. The van der Waals surface area contributed by atoms with Gasteiger partial charge in [0.05, 0.1) is 5.69 Å². The van der Waals surface area contributed by atoms with Gasteiger partial charge in [-0.15, -0.1) is 0 Å². The fourth-order valence-electron chi connectivity index (χ4n) is 0.681. The van der Waals surface area contributed by atoms with E-state index in [1.165, 1.54) is 12.1 Å². The van der Waals surface area contributed by atoms with Crippen molar-refractivity contribution in [2.75, 3.05) is 4.72 Å². The molecule has 0 aliphatic rings. The fraction of sp³-hybridized carbons (Fsp3) is 0. The Morgan fingerprint density at radius 1 is 1.36 bits per heavy atom.